The van der Waals surface area contributed by atoms with E-state index in [1.54, 1.807) is 0 Å². The van der Waals surface area contributed by atoms with Crippen LogP contribution in [0.3, 0.4) is 0 Å². The molecule has 0 aromatic carbocycles. The third-order valence-electron chi connectivity index (χ3n) is 3.90. The topological polar surface area (TPSA) is 143 Å². The van der Waals surface area contributed by atoms with Gasteiger partial charge < -0.3 is 30.5 Å². The molecule has 0 aromatic rings. The van der Waals surface area contributed by atoms with Gasteiger partial charge in [0.1, 0.15) is 6.61 Å². The van der Waals surface area contributed by atoms with E-state index >= 15 is 0 Å². The lowest BCUT2D eigenvalue weighted by atomic mass is 10.1. The average molecular weight is 418 g/mol. The Balaban J connectivity index is 3.37. The summed E-state index contributed by atoms with van der Waals surface area (Å²) in [6.45, 7) is 1.85. The maximum atomic E-state index is 11.7. The molecule has 0 heterocycles. The van der Waals surface area contributed by atoms with Gasteiger partial charge >= 0.3 is 5.97 Å². The van der Waals surface area contributed by atoms with Gasteiger partial charge in [0.15, 0.2) is 0 Å². The molecule has 29 heavy (non-hydrogen) atoms. The summed E-state index contributed by atoms with van der Waals surface area (Å²) in [5, 5.41) is 16.5. The highest BCUT2D eigenvalue weighted by molar-refractivity contribution is 5.77. The molecule has 0 radical (unpaired) electrons. The van der Waals surface area contributed by atoms with Gasteiger partial charge in [0.25, 0.3) is 0 Å². The molecule has 0 fully saturated rings. The van der Waals surface area contributed by atoms with Gasteiger partial charge in [-0.1, -0.05) is 12.8 Å². The number of hydrogen-bond donors (Lipinski definition) is 4. The zero-order chi connectivity index (χ0) is 21.7. The van der Waals surface area contributed by atoms with Crippen LogP contribution >= 0.6 is 0 Å². The third kappa shape index (κ3) is 20.3. The first-order chi connectivity index (χ1) is 14.0. The molecule has 4 N–H and O–H groups in total. The Morgan fingerprint density at radius 3 is 1.93 bits per heavy atom. The summed E-state index contributed by atoms with van der Waals surface area (Å²) in [4.78, 5) is 44.6. The predicted molar refractivity (Wildman–Crippen MR) is 106 cm³/mol. The molecule has 10 nitrogen and oxygen atoms in total. The fourth-order valence-electron chi connectivity index (χ4n) is 2.29. The minimum atomic E-state index is -0.789. The van der Waals surface area contributed by atoms with Crippen molar-refractivity contribution in [3.63, 3.8) is 0 Å². The summed E-state index contributed by atoms with van der Waals surface area (Å²) in [5.74, 6) is -1.13. The van der Waals surface area contributed by atoms with Crippen LogP contribution < -0.4 is 16.0 Å². The predicted octanol–water partition coefficient (Wildman–Crippen LogP) is 0.203. The van der Waals surface area contributed by atoms with Crippen molar-refractivity contribution < 1.29 is 33.8 Å². The fourth-order valence-corrected chi connectivity index (χ4v) is 2.29. The largest absolute Gasteiger partial charge is 0.481 e. The number of aliphatic carboxylic acids is 1. The summed E-state index contributed by atoms with van der Waals surface area (Å²) in [7, 11) is 1.54. The van der Waals surface area contributed by atoms with Crippen LogP contribution in [0.15, 0.2) is 0 Å². The molecule has 0 aliphatic carbocycles. The summed E-state index contributed by atoms with van der Waals surface area (Å²) in [5.41, 5.74) is 0. The lowest BCUT2D eigenvalue weighted by Crippen LogP contribution is -2.29. The molecule has 168 valence electrons. The molecule has 0 bridgehead atoms. The number of nitrogens with one attached hydrogen (secondary N) is 3. The molecule has 10 heteroatoms. The molecule has 0 aliphatic heterocycles. The average Bonchev–Trinajstić information content (AvgIpc) is 2.69. The first-order valence-electron chi connectivity index (χ1n) is 10.1. The number of hydrogen-bond acceptors (Lipinski definition) is 6. The zero-order valence-electron chi connectivity index (χ0n) is 17.3. The number of carbonyl (C=O) groups excluding carboxylic acids is 3. The second-order valence-corrected chi connectivity index (χ2v) is 6.45. The van der Waals surface area contributed by atoms with E-state index in [2.05, 4.69) is 16.0 Å². The van der Waals surface area contributed by atoms with Gasteiger partial charge in [0.2, 0.25) is 17.7 Å². The summed E-state index contributed by atoms with van der Waals surface area (Å²) in [6.07, 6.45) is 4.51. The molecular weight excluding hydrogens is 382 g/mol. The molecular formula is C19H35N3O7. The van der Waals surface area contributed by atoms with Crippen LogP contribution in [0.25, 0.3) is 0 Å². The van der Waals surface area contributed by atoms with E-state index in [9.17, 15) is 19.2 Å². The first-order valence-corrected chi connectivity index (χ1v) is 10.1. The lowest BCUT2D eigenvalue weighted by molar-refractivity contribution is -0.137. The Labute approximate surface area is 172 Å². The fraction of sp³-hybridized carbons (Fsp3) is 0.789. The molecule has 3 amide bonds. The molecule has 0 atom stereocenters. The van der Waals surface area contributed by atoms with E-state index < -0.39 is 5.97 Å². The van der Waals surface area contributed by atoms with Gasteiger partial charge in [-0.2, -0.15) is 0 Å². The van der Waals surface area contributed by atoms with Crippen molar-refractivity contribution in [1.82, 2.24) is 16.0 Å². The molecule has 0 unspecified atom stereocenters. The Morgan fingerprint density at radius 1 is 0.690 bits per heavy atom. The Morgan fingerprint density at radius 2 is 1.28 bits per heavy atom. The van der Waals surface area contributed by atoms with Crippen LogP contribution in [0.4, 0.5) is 0 Å². The van der Waals surface area contributed by atoms with Crippen molar-refractivity contribution in [1.29, 1.82) is 0 Å². The van der Waals surface area contributed by atoms with Crippen molar-refractivity contribution in [2.75, 3.05) is 46.6 Å². The Hall–Kier alpha value is -2.20. The second kappa shape index (κ2) is 19.1. The van der Waals surface area contributed by atoms with Crippen LogP contribution in [0.5, 0.6) is 0 Å². The molecule has 0 aromatic heterocycles. The Kier molecular flexibility index (Phi) is 17.7. The molecule has 0 saturated carbocycles. The number of likely N-dealkylation sites (N-methyl/N-ethyl adjacent to an activating group) is 1. The number of carboxylic acid groups (broad SMARTS) is 1. The first kappa shape index (κ1) is 26.8. The van der Waals surface area contributed by atoms with Gasteiger partial charge in [-0.15, -0.1) is 0 Å². The molecule has 0 spiro atoms. The number of rotatable bonds is 19. The maximum Gasteiger partial charge on any atom is 0.303 e. The van der Waals surface area contributed by atoms with Crippen molar-refractivity contribution in [3.05, 3.63) is 0 Å². The standard InChI is InChI=1S/C19H35N3O7/c1-20-18(25)15-29-14-13-28-12-11-22-17(24)8-6-10-21-16(23)7-4-2-3-5-9-19(26)27/h2-15H2,1H3,(H,20,25)(H,21,23)(H,22,24)(H,26,27). The van der Waals surface area contributed by atoms with Crippen molar-refractivity contribution in [2.45, 2.75) is 51.4 Å². The highest BCUT2D eigenvalue weighted by Gasteiger charge is 2.04. The number of carbonyl (C=O) groups is 4. The smallest absolute Gasteiger partial charge is 0.303 e. The second-order valence-electron chi connectivity index (χ2n) is 6.45. The molecule has 0 aliphatic rings. The lowest BCUT2D eigenvalue weighted by Gasteiger charge is -2.08. The summed E-state index contributed by atoms with van der Waals surface area (Å²) in [6, 6.07) is 0. The maximum absolute atomic E-state index is 11.7. The van der Waals surface area contributed by atoms with Crippen LogP contribution in [-0.4, -0.2) is 75.4 Å². The van der Waals surface area contributed by atoms with E-state index in [-0.39, 0.29) is 30.7 Å². The normalized spacial score (nSPS) is 10.4. The zero-order valence-corrected chi connectivity index (χ0v) is 17.3. The number of carboxylic acids is 1. The number of ether oxygens (including phenoxy) is 2. The van der Waals surface area contributed by atoms with E-state index in [0.717, 1.165) is 19.3 Å². The van der Waals surface area contributed by atoms with Crippen LogP contribution in [0.2, 0.25) is 0 Å². The summed E-state index contributed by atoms with van der Waals surface area (Å²) >= 11 is 0. The van der Waals surface area contributed by atoms with E-state index in [1.807, 2.05) is 0 Å². The minimum absolute atomic E-state index is 0.0000725. The van der Waals surface area contributed by atoms with Gasteiger partial charge in [0, 0.05) is 39.4 Å². The number of unbranched alkanes of at least 4 members (excludes halogenated alkanes) is 3. The van der Waals surface area contributed by atoms with Crippen molar-refractivity contribution in [3.8, 4) is 0 Å². The SMILES string of the molecule is CNC(=O)COCCOCCNC(=O)CCCNC(=O)CCCCCCC(=O)O. The quantitative estimate of drug-likeness (QED) is 0.220. The van der Waals surface area contributed by atoms with E-state index in [0.29, 0.717) is 58.6 Å². The van der Waals surface area contributed by atoms with Gasteiger partial charge in [0.05, 0.1) is 19.8 Å². The van der Waals surface area contributed by atoms with E-state index in [1.165, 1.54) is 7.05 Å². The van der Waals surface area contributed by atoms with Gasteiger partial charge in [-0.3, -0.25) is 19.2 Å². The highest BCUT2D eigenvalue weighted by atomic mass is 16.5. The van der Waals surface area contributed by atoms with Gasteiger partial charge in [-0.25, -0.2) is 0 Å². The van der Waals surface area contributed by atoms with Crippen LogP contribution in [0.1, 0.15) is 51.4 Å². The minimum Gasteiger partial charge on any atom is -0.481 e. The van der Waals surface area contributed by atoms with Gasteiger partial charge in [-0.05, 0) is 19.3 Å². The monoisotopic (exact) mass is 417 g/mol. The van der Waals surface area contributed by atoms with Crippen molar-refractivity contribution >= 4 is 23.7 Å². The molecule has 0 saturated heterocycles. The van der Waals surface area contributed by atoms with Crippen LogP contribution in [-0.2, 0) is 28.7 Å². The van der Waals surface area contributed by atoms with Crippen LogP contribution in [0, 0.1) is 0 Å². The Bertz CT molecular complexity index is 486. The van der Waals surface area contributed by atoms with E-state index in [4.69, 9.17) is 14.6 Å². The number of amides is 3. The molecule has 0 rings (SSSR count). The van der Waals surface area contributed by atoms with Crippen molar-refractivity contribution in [2.24, 2.45) is 0 Å². The third-order valence-corrected chi connectivity index (χ3v) is 3.90. The highest BCUT2D eigenvalue weighted by Crippen LogP contribution is 2.05. The summed E-state index contributed by atoms with van der Waals surface area (Å²) < 4.78 is 10.3.